The van der Waals surface area contributed by atoms with E-state index in [9.17, 15) is 14.9 Å². The topological polar surface area (TPSA) is 103 Å². The van der Waals surface area contributed by atoms with Crippen LogP contribution in [0.5, 0.6) is 11.5 Å². The van der Waals surface area contributed by atoms with Gasteiger partial charge in [-0.2, -0.15) is 5.10 Å². The highest BCUT2D eigenvalue weighted by molar-refractivity contribution is 5.99. The van der Waals surface area contributed by atoms with Crippen LogP contribution in [0.15, 0.2) is 53.6 Å². The Labute approximate surface area is 144 Å². The third-order valence-electron chi connectivity index (χ3n) is 3.26. The number of benzene rings is 2. The number of carbonyl (C=O) groups is 1. The Morgan fingerprint density at radius 3 is 2.72 bits per heavy atom. The standard InChI is InChI=1S/C17H17N3O5/c1-12(13-6-5-7-14(10-13)24-2)18-19-17(21)11-25-16-9-4-3-8-15(16)20(22)23/h3-10H,11H2,1-2H3,(H,19,21)/b18-12-. The van der Waals surface area contributed by atoms with Gasteiger partial charge in [-0.3, -0.25) is 14.9 Å². The molecule has 2 aromatic rings. The van der Waals surface area contributed by atoms with E-state index in [2.05, 4.69) is 10.5 Å². The Hall–Kier alpha value is -3.42. The summed E-state index contributed by atoms with van der Waals surface area (Å²) in [5, 5.41) is 14.9. The molecule has 0 radical (unpaired) electrons. The molecule has 1 N–H and O–H groups in total. The van der Waals surface area contributed by atoms with Gasteiger partial charge in [0, 0.05) is 11.6 Å². The molecule has 0 saturated heterocycles. The highest BCUT2D eigenvalue weighted by Crippen LogP contribution is 2.25. The smallest absolute Gasteiger partial charge is 0.310 e. The summed E-state index contributed by atoms with van der Waals surface area (Å²) in [5.74, 6) is 0.176. The third-order valence-corrected chi connectivity index (χ3v) is 3.26. The molecule has 8 nitrogen and oxygen atoms in total. The zero-order chi connectivity index (χ0) is 18.2. The number of methoxy groups -OCH3 is 1. The van der Waals surface area contributed by atoms with E-state index in [1.54, 1.807) is 32.2 Å². The van der Waals surface area contributed by atoms with Crippen molar-refractivity contribution in [3.8, 4) is 11.5 Å². The molecule has 0 fully saturated rings. The van der Waals surface area contributed by atoms with Gasteiger partial charge in [-0.05, 0) is 25.1 Å². The van der Waals surface area contributed by atoms with E-state index in [0.29, 0.717) is 11.5 Å². The van der Waals surface area contributed by atoms with Crippen molar-refractivity contribution >= 4 is 17.3 Å². The van der Waals surface area contributed by atoms with Gasteiger partial charge in [0.2, 0.25) is 0 Å². The molecule has 1 amide bonds. The number of nitrogens with zero attached hydrogens (tertiary/aromatic N) is 2. The number of amides is 1. The van der Waals surface area contributed by atoms with E-state index in [4.69, 9.17) is 9.47 Å². The molecule has 0 aromatic heterocycles. The van der Waals surface area contributed by atoms with Gasteiger partial charge in [0.05, 0.1) is 17.7 Å². The second-order valence-corrected chi connectivity index (χ2v) is 4.98. The van der Waals surface area contributed by atoms with E-state index < -0.39 is 10.8 Å². The molecule has 0 bridgehead atoms. The summed E-state index contributed by atoms with van der Waals surface area (Å²) in [6.07, 6.45) is 0. The molecular formula is C17H17N3O5. The van der Waals surface area contributed by atoms with Gasteiger partial charge in [0.15, 0.2) is 12.4 Å². The first-order valence-corrected chi connectivity index (χ1v) is 7.35. The SMILES string of the molecule is COc1cccc(/C(C)=N\NC(=O)COc2ccccc2[N+](=O)[O-])c1. The average molecular weight is 343 g/mol. The minimum absolute atomic E-state index is 0.0242. The van der Waals surface area contributed by atoms with Gasteiger partial charge in [0.25, 0.3) is 5.91 Å². The van der Waals surface area contributed by atoms with E-state index in [1.165, 1.54) is 18.2 Å². The zero-order valence-electron chi connectivity index (χ0n) is 13.8. The Morgan fingerprint density at radius 1 is 1.24 bits per heavy atom. The normalized spacial score (nSPS) is 10.9. The van der Waals surface area contributed by atoms with Crippen molar-refractivity contribution < 1.29 is 19.2 Å². The Bertz CT molecular complexity index is 804. The maximum Gasteiger partial charge on any atom is 0.310 e. The maximum atomic E-state index is 11.8. The molecule has 130 valence electrons. The predicted octanol–water partition coefficient (Wildman–Crippen LogP) is 2.52. The van der Waals surface area contributed by atoms with Gasteiger partial charge in [-0.15, -0.1) is 0 Å². The summed E-state index contributed by atoms with van der Waals surface area (Å²) in [7, 11) is 1.56. The summed E-state index contributed by atoms with van der Waals surface area (Å²) in [4.78, 5) is 22.1. The van der Waals surface area contributed by atoms with Gasteiger partial charge >= 0.3 is 5.69 Å². The number of nitro groups is 1. The summed E-state index contributed by atoms with van der Waals surface area (Å²) in [6.45, 7) is 1.34. The lowest BCUT2D eigenvalue weighted by Gasteiger charge is -2.07. The van der Waals surface area contributed by atoms with Gasteiger partial charge in [0.1, 0.15) is 5.75 Å². The van der Waals surface area contributed by atoms with E-state index >= 15 is 0 Å². The quantitative estimate of drug-likeness (QED) is 0.473. The molecule has 0 spiro atoms. The van der Waals surface area contributed by atoms with Crippen LogP contribution in [0.2, 0.25) is 0 Å². The summed E-state index contributed by atoms with van der Waals surface area (Å²) >= 11 is 0. The summed E-state index contributed by atoms with van der Waals surface area (Å²) in [5.41, 5.74) is 3.52. The van der Waals surface area contributed by atoms with Crippen LogP contribution in [0.1, 0.15) is 12.5 Å². The number of hydrogen-bond donors (Lipinski definition) is 1. The molecular weight excluding hydrogens is 326 g/mol. The lowest BCUT2D eigenvalue weighted by molar-refractivity contribution is -0.385. The number of nitro benzene ring substituents is 1. The van der Waals surface area contributed by atoms with Crippen molar-refractivity contribution in [2.75, 3.05) is 13.7 Å². The molecule has 2 aromatic carbocycles. The minimum atomic E-state index is -0.571. The van der Waals surface area contributed by atoms with Crippen molar-refractivity contribution in [2.45, 2.75) is 6.92 Å². The fourth-order valence-corrected chi connectivity index (χ4v) is 1.96. The average Bonchev–Trinajstić information content (AvgIpc) is 2.64. The summed E-state index contributed by atoms with van der Waals surface area (Å²) < 4.78 is 10.3. The maximum absolute atomic E-state index is 11.8. The van der Waals surface area contributed by atoms with Gasteiger partial charge in [-0.25, -0.2) is 5.43 Å². The molecule has 0 atom stereocenters. The molecule has 0 heterocycles. The van der Waals surface area contributed by atoms with Gasteiger partial charge in [-0.1, -0.05) is 24.3 Å². The van der Waals surface area contributed by atoms with Crippen molar-refractivity contribution in [1.29, 1.82) is 0 Å². The number of nitrogens with one attached hydrogen (secondary N) is 1. The molecule has 0 saturated carbocycles. The predicted molar refractivity (Wildman–Crippen MR) is 91.9 cm³/mol. The largest absolute Gasteiger partial charge is 0.497 e. The monoisotopic (exact) mass is 343 g/mol. The number of hydrogen-bond acceptors (Lipinski definition) is 6. The highest BCUT2D eigenvalue weighted by Gasteiger charge is 2.14. The first kappa shape index (κ1) is 17.9. The van der Waals surface area contributed by atoms with Crippen molar-refractivity contribution in [3.05, 3.63) is 64.2 Å². The van der Waals surface area contributed by atoms with Crippen LogP contribution in [-0.4, -0.2) is 30.3 Å². The number of hydrazone groups is 1. The third kappa shape index (κ3) is 5.03. The molecule has 0 aliphatic rings. The second kappa shape index (κ2) is 8.44. The van der Waals surface area contributed by atoms with Crippen molar-refractivity contribution in [3.63, 3.8) is 0 Å². The van der Waals surface area contributed by atoms with Gasteiger partial charge < -0.3 is 9.47 Å². The molecule has 25 heavy (non-hydrogen) atoms. The van der Waals surface area contributed by atoms with E-state index in [1.807, 2.05) is 12.1 Å². The van der Waals surface area contributed by atoms with Crippen LogP contribution in [0.4, 0.5) is 5.69 Å². The number of ether oxygens (including phenoxy) is 2. The number of para-hydroxylation sites is 2. The van der Waals surface area contributed by atoms with Crippen LogP contribution >= 0.6 is 0 Å². The number of rotatable bonds is 7. The molecule has 0 aliphatic heterocycles. The van der Waals surface area contributed by atoms with Crippen molar-refractivity contribution in [1.82, 2.24) is 5.43 Å². The lowest BCUT2D eigenvalue weighted by atomic mass is 10.1. The van der Waals surface area contributed by atoms with Crippen LogP contribution in [0.3, 0.4) is 0 Å². The zero-order valence-corrected chi connectivity index (χ0v) is 13.8. The molecule has 0 unspecified atom stereocenters. The molecule has 8 heteroatoms. The van der Waals surface area contributed by atoms with E-state index in [0.717, 1.165) is 5.56 Å². The van der Waals surface area contributed by atoms with E-state index in [-0.39, 0.29) is 18.0 Å². The van der Waals surface area contributed by atoms with Crippen LogP contribution in [-0.2, 0) is 4.79 Å². The van der Waals surface area contributed by atoms with Crippen LogP contribution < -0.4 is 14.9 Å². The Morgan fingerprint density at radius 2 is 2.00 bits per heavy atom. The fraction of sp³-hybridized carbons (Fsp3) is 0.176. The first-order valence-electron chi connectivity index (χ1n) is 7.35. The minimum Gasteiger partial charge on any atom is -0.497 e. The second-order valence-electron chi connectivity index (χ2n) is 4.98. The highest BCUT2D eigenvalue weighted by atomic mass is 16.6. The lowest BCUT2D eigenvalue weighted by Crippen LogP contribution is -2.25. The fourth-order valence-electron chi connectivity index (χ4n) is 1.96. The molecule has 0 aliphatic carbocycles. The summed E-state index contributed by atoms with van der Waals surface area (Å²) in [6, 6.07) is 13.1. The Kier molecular flexibility index (Phi) is 6.05. The number of carbonyl (C=O) groups excluding carboxylic acids is 1. The Balaban J connectivity index is 1.95. The molecule has 2 rings (SSSR count). The van der Waals surface area contributed by atoms with Crippen LogP contribution in [0, 0.1) is 10.1 Å². The first-order chi connectivity index (χ1) is 12.0. The van der Waals surface area contributed by atoms with Crippen LogP contribution in [0.25, 0.3) is 0 Å². The van der Waals surface area contributed by atoms with Crippen molar-refractivity contribution in [2.24, 2.45) is 5.10 Å².